The van der Waals surface area contributed by atoms with Gasteiger partial charge >= 0.3 is 0 Å². The van der Waals surface area contributed by atoms with Crippen LogP contribution < -0.4 is 5.32 Å². The number of H-pyrrole nitrogens is 1. The van der Waals surface area contributed by atoms with Gasteiger partial charge in [-0.1, -0.05) is 11.6 Å². The summed E-state index contributed by atoms with van der Waals surface area (Å²) in [6, 6.07) is 6.06. The lowest BCUT2D eigenvalue weighted by molar-refractivity contribution is 0.628. The first-order chi connectivity index (χ1) is 7.20. The Morgan fingerprint density at radius 1 is 1.40 bits per heavy atom. The normalized spacial score (nSPS) is 10.3. The van der Waals surface area contributed by atoms with Crippen molar-refractivity contribution >= 4 is 17.4 Å². The van der Waals surface area contributed by atoms with Gasteiger partial charge in [0.15, 0.2) is 0 Å². The molecule has 0 atom stereocenters. The van der Waals surface area contributed by atoms with E-state index in [0.29, 0.717) is 10.8 Å². The molecule has 2 aromatic rings. The van der Waals surface area contributed by atoms with Crippen molar-refractivity contribution in [1.29, 1.82) is 0 Å². The lowest BCUT2D eigenvalue weighted by Gasteiger charge is -2.00. The summed E-state index contributed by atoms with van der Waals surface area (Å²) in [5, 5.41) is 10.1. The third-order valence-electron chi connectivity index (χ3n) is 2.06. The summed E-state index contributed by atoms with van der Waals surface area (Å²) in [7, 11) is 1.77. The van der Waals surface area contributed by atoms with Crippen LogP contribution in [0.15, 0.2) is 24.3 Å². The second kappa shape index (κ2) is 3.90. The van der Waals surface area contributed by atoms with Crippen molar-refractivity contribution in [2.45, 2.75) is 0 Å². The van der Waals surface area contributed by atoms with Gasteiger partial charge in [-0.2, -0.15) is 5.10 Å². The van der Waals surface area contributed by atoms with E-state index in [1.165, 1.54) is 12.1 Å². The van der Waals surface area contributed by atoms with Crippen molar-refractivity contribution in [3.63, 3.8) is 0 Å². The lowest BCUT2D eigenvalue weighted by Crippen LogP contribution is -1.85. The molecule has 0 saturated heterocycles. The Bertz CT molecular complexity index is 481. The van der Waals surface area contributed by atoms with E-state index < -0.39 is 0 Å². The molecule has 0 spiro atoms. The van der Waals surface area contributed by atoms with Crippen LogP contribution in [-0.4, -0.2) is 17.2 Å². The Hall–Kier alpha value is -1.55. The first-order valence-corrected chi connectivity index (χ1v) is 4.77. The average molecular weight is 226 g/mol. The molecule has 0 amide bonds. The van der Waals surface area contributed by atoms with Gasteiger partial charge in [-0.3, -0.25) is 5.10 Å². The molecule has 2 rings (SSSR count). The van der Waals surface area contributed by atoms with E-state index in [4.69, 9.17) is 11.6 Å². The molecule has 0 fully saturated rings. The summed E-state index contributed by atoms with van der Waals surface area (Å²) in [5.74, 6) is 0.363. The molecule has 1 aromatic heterocycles. The van der Waals surface area contributed by atoms with E-state index in [9.17, 15) is 4.39 Å². The maximum absolute atomic E-state index is 12.8. The molecule has 0 saturated carbocycles. The Labute approximate surface area is 91.3 Å². The highest BCUT2D eigenvalue weighted by Gasteiger charge is 2.07. The fourth-order valence-electron chi connectivity index (χ4n) is 1.30. The number of nitrogens with zero attached hydrogens (tertiary/aromatic N) is 1. The number of hydrogen-bond donors (Lipinski definition) is 2. The van der Waals surface area contributed by atoms with Gasteiger partial charge < -0.3 is 5.32 Å². The molecule has 2 N–H and O–H groups in total. The summed E-state index contributed by atoms with van der Waals surface area (Å²) in [4.78, 5) is 0. The third-order valence-corrected chi connectivity index (χ3v) is 2.37. The van der Waals surface area contributed by atoms with Gasteiger partial charge in [0.25, 0.3) is 0 Å². The summed E-state index contributed by atoms with van der Waals surface area (Å²) < 4.78 is 12.8. The van der Waals surface area contributed by atoms with Crippen LogP contribution in [0.3, 0.4) is 0 Å². The number of aromatic nitrogens is 2. The maximum Gasteiger partial charge on any atom is 0.148 e. The molecule has 1 aromatic carbocycles. The monoisotopic (exact) mass is 225 g/mol. The maximum atomic E-state index is 12.8. The van der Waals surface area contributed by atoms with E-state index in [1.807, 2.05) is 0 Å². The van der Waals surface area contributed by atoms with E-state index in [0.717, 1.165) is 11.3 Å². The number of halogens is 2. The molecule has 0 unspecified atom stereocenters. The Balaban J connectivity index is 2.44. The van der Waals surface area contributed by atoms with Crippen LogP contribution in [0.1, 0.15) is 0 Å². The van der Waals surface area contributed by atoms with Gasteiger partial charge in [0, 0.05) is 18.7 Å². The quantitative estimate of drug-likeness (QED) is 0.825. The van der Waals surface area contributed by atoms with Gasteiger partial charge in [0.2, 0.25) is 0 Å². The molecule has 0 aliphatic rings. The average Bonchev–Trinajstić information content (AvgIpc) is 2.66. The molecular formula is C10H9ClFN3. The Morgan fingerprint density at radius 2 is 2.20 bits per heavy atom. The van der Waals surface area contributed by atoms with Gasteiger partial charge in [0.1, 0.15) is 11.6 Å². The van der Waals surface area contributed by atoms with Crippen molar-refractivity contribution in [3.05, 3.63) is 35.1 Å². The minimum atomic E-state index is -0.350. The van der Waals surface area contributed by atoms with Crippen molar-refractivity contribution in [3.8, 4) is 11.3 Å². The lowest BCUT2D eigenvalue weighted by atomic mass is 10.1. The predicted molar refractivity (Wildman–Crippen MR) is 58.5 cm³/mol. The van der Waals surface area contributed by atoms with Crippen LogP contribution in [-0.2, 0) is 0 Å². The number of hydrogen-bond acceptors (Lipinski definition) is 2. The molecule has 0 bridgehead atoms. The highest BCUT2D eigenvalue weighted by atomic mass is 35.5. The van der Waals surface area contributed by atoms with E-state index in [1.54, 1.807) is 19.2 Å². The van der Waals surface area contributed by atoms with Crippen molar-refractivity contribution in [2.24, 2.45) is 0 Å². The molecular weight excluding hydrogens is 217 g/mol. The van der Waals surface area contributed by atoms with Gasteiger partial charge in [0.05, 0.1) is 10.7 Å². The van der Waals surface area contributed by atoms with E-state index >= 15 is 0 Å². The van der Waals surface area contributed by atoms with Gasteiger partial charge in [-0.25, -0.2) is 4.39 Å². The topological polar surface area (TPSA) is 40.7 Å². The fraction of sp³-hybridized carbons (Fsp3) is 0.100. The molecule has 15 heavy (non-hydrogen) atoms. The smallest absolute Gasteiger partial charge is 0.148 e. The van der Waals surface area contributed by atoms with Crippen molar-refractivity contribution in [2.75, 3.05) is 12.4 Å². The zero-order valence-corrected chi connectivity index (χ0v) is 8.77. The predicted octanol–water partition coefficient (Wildman–Crippen LogP) is 2.91. The van der Waals surface area contributed by atoms with Crippen LogP contribution in [0.4, 0.5) is 10.2 Å². The molecule has 0 aliphatic heterocycles. The Kier molecular flexibility index (Phi) is 2.60. The first kappa shape index (κ1) is 9.98. The molecule has 78 valence electrons. The van der Waals surface area contributed by atoms with Crippen LogP contribution in [0.2, 0.25) is 5.02 Å². The van der Waals surface area contributed by atoms with Crippen LogP contribution in [0, 0.1) is 5.82 Å². The Morgan fingerprint density at radius 3 is 2.80 bits per heavy atom. The van der Waals surface area contributed by atoms with Gasteiger partial charge in [-0.15, -0.1) is 0 Å². The second-order valence-corrected chi connectivity index (χ2v) is 3.45. The van der Waals surface area contributed by atoms with Crippen molar-refractivity contribution in [1.82, 2.24) is 10.2 Å². The van der Waals surface area contributed by atoms with Crippen LogP contribution in [0.5, 0.6) is 0 Å². The summed E-state index contributed by atoms with van der Waals surface area (Å²) in [6.45, 7) is 0. The minimum absolute atomic E-state index is 0.350. The van der Waals surface area contributed by atoms with Crippen molar-refractivity contribution < 1.29 is 4.39 Å². The number of benzene rings is 1. The summed E-state index contributed by atoms with van der Waals surface area (Å²) in [5.41, 5.74) is 1.48. The number of anilines is 1. The molecule has 3 nitrogen and oxygen atoms in total. The van der Waals surface area contributed by atoms with Crippen LogP contribution >= 0.6 is 11.6 Å². The number of rotatable bonds is 2. The third kappa shape index (κ3) is 1.94. The summed E-state index contributed by atoms with van der Waals surface area (Å²) >= 11 is 5.91. The summed E-state index contributed by atoms with van der Waals surface area (Å²) in [6.07, 6.45) is 0. The van der Waals surface area contributed by atoms with Gasteiger partial charge in [-0.05, 0) is 18.2 Å². The largest absolute Gasteiger partial charge is 0.372 e. The zero-order valence-electron chi connectivity index (χ0n) is 8.01. The van der Waals surface area contributed by atoms with E-state index in [2.05, 4.69) is 15.5 Å². The SMILES string of the molecule is CNc1cc(-c2ccc(F)cc2Cl)[nH]n1. The zero-order chi connectivity index (χ0) is 10.8. The number of nitrogens with one attached hydrogen (secondary N) is 2. The molecule has 1 heterocycles. The molecule has 0 radical (unpaired) electrons. The number of aromatic amines is 1. The minimum Gasteiger partial charge on any atom is -0.372 e. The highest BCUT2D eigenvalue weighted by Crippen LogP contribution is 2.28. The molecule has 5 heteroatoms. The highest BCUT2D eigenvalue weighted by molar-refractivity contribution is 6.33. The standard InChI is InChI=1S/C10H9ClFN3/c1-13-10-5-9(14-15-10)7-3-2-6(12)4-8(7)11/h2-5H,1H3,(H2,13,14,15). The van der Waals surface area contributed by atoms with E-state index in [-0.39, 0.29) is 5.82 Å². The molecule has 0 aliphatic carbocycles. The first-order valence-electron chi connectivity index (χ1n) is 4.39. The van der Waals surface area contributed by atoms with Crippen LogP contribution in [0.25, 0.3) is 11.3 Å². The second-order valence-electron chi connectivity index (χ2n) is 3.04. The fourth-order valence-corrected chi connectivity index (χ4v) is 1.56.